The molecule has 1 aliphatic heterocycles. The van der Waals surface area contributed by atoms with E-state index in [0.29, 0.717) is 18.1 Å². The molecule has 0 aliphatic carbocycles. The molecule has 1 saturated heterocycles. The van der Waals surface area contributed by atoms with E-state index in [-0.39, 0.29) is 0 Å². The molecule has 0 radical (unpaired) electrons. The molecule has 3 atom stereocenters. The maximum absolute atomic E-state index is 5.95. The van der Waals surface area contributed by atoms with Crippen LogP contribution in [0.5, 0.6) is 11.5 Å². The summed E-state index contributed by atoms with van der Waals surface area (Å²) in [6, 6.07) is 18.4. The van der Waals surface area contributed by atoms with Gasteiger partial charge in [-0.2, -0.15) is 0 Å². The smallest absolute Gasteiger partial charge is 0.127 e. The van der Waals surface area contributed by atoms with Gasteiger partial charge in [0.25, 0.3) is 0 Å². The zero-order chi connectivity index (χ0) is 17.6. The molecule has 1 unspecified atom stereocenters. The van der Waals surface area contributed by atoms with Gasteiger partial charge in [-0.15, -0.1) is 0 Å². The number of para-hydroxylation sites is 1. The minimum atomic E-state index is 0.332. The summed E-state index contributed by atoms with van der Waals surface area (Å²) in [5, 5.41) is 0. The van der Waals surface area contributed by atoms with E-state index in [1.807, 2.05) is 36.4 Å². The molecule has 0 spiro atoms. The van der Waals surface area contributed by atoms with Gasteiger partial charge in [-0.1, -0.05) is 37.3 Å². The van der Waals surface area contributed by atoms with Crippen LogP contribution in [0.3, 0.4) is 0 Å². The maximum Gasteiger partial charge on any atom is 0.127 e. The van der Waals surface area contributed by atoms with E-state index in [1.165, 1.54) is 5.56 Å². The normalized spacial score (nSPS) is 22.5. The molecule has 0 N–H and O–H groups in total. The number of rotatable bonds is 6. The first-order valence-electron chi connectivity index (χ1n) is 9.28. The van der Waals surface area contributed by atoms with Crippen molar-refractivity contribution < 1.29 is 9.47 Å². The van der Waals surface area contributed by atoms with Crippen LogP contribution in [-0.2, 0) is 11.2 Å². The molecule has 1 fully saturated rings. The number of hydrogen-bond donors (Lipinski definition) is 0. The summed E-state index contributed by atoms with van der Waals surface area (Å²) >= 11 is 0. The Morgan fingerprint density at radius 3 is 2.40 bits per heavy atom. The van der Waals surface area contributed by atoms with Gasteiger partial charge in [0.15, 0.2) is 0 Å². The minimum Gasteiger partial charge on any atom is -0.457 e. The van der Waals surface area contributed by atoms with Crippen LogP contribution in [-0.4, -0.2) is 36.7 Å². The molecule has 3 nitrogen and oxygen atoms in total. The van der Waals surface area contributed by atoms with Crippen LogP contribution in [0.25, 0.3) is 0 Å². The average molecular weight is 339 g/mol. The van der Waals surface area contributed by atoms with Crippen molar-refractivity contribution in [2.45, 2.75) is 39.4 Å². The summed E-state index contributed by atoms with van der Waals surface area (Å²) in [5.74, 6) is 2.39. The van der Waals surface area contributed by atoms with E-state index in [4.69, 9.17) is 9.47 Å². The fourth-order valence-electron chi connectivity index (χ4n) is 3.70. The highest BCUT2D eigenvalue weighted by Crippen LogP contribution is 2.23. The van der Waals surface area contributed by atoms with Crippen LogP contribution >= 0.6 is 0 Å². The van der Waals surface area contributed by atoms with Crippen LogP contribution in [0, 0.1) is 5.92 Å². The molecule has 134 valence electrons. The third kappa shape index (κ3) is 5.58. The Hall–Kier alpha value is -1.84. The summed E-state index contributed by atoms with van der Waals surface area (Å²) < 4.78 is 11.8. The van der Waals surface area contributed by atoms with Crippen molar-refractivity contribution >= 4 is 0 Å². The molecule has 0 aromatic heterocycles. The summed E-state index contributed by atoms with van der Waals surface area (Å²) in [7, 11) is 0. The predicted molar refractivity (Wildman–Crippen MR) is 102 cm³/mol. The SMILES string of the molecule is CC(Cc1cccc(Oc2ccccc2)c1)CN1C[C@@H](C)O[C@@H](C)C1. The number of hydrogen-bond acceptors (Lipinski definition) is 3. The summed E-state index contributed by atoms with van der Waals surface area (Å²) in [6.45, 7) is 9.84. The highest BCUT2D eigenvalue weighted by atomic mass is 16.5. The first kappa shape index (κ1) is 18.0. The van der Waals surface area contributed by atoms with Gasteiger partial charge in [-0.25, -0.2) is 0 Å². The van der Waals surface area contributed by atoms with Gasteiger partial charge in [0.1, 0.15) is 11.5 Å². The van der Waals surface area contributed by atoms with Gasteiger partial charge >= 0.3 is 0 Å². The standard InChI is InChI=1S/C22H29NO2/c1-17(14-23-15-18(2)24-19(3)16-23)12-20-8-7-11-22(13-20)25-21-9-5-4-6-10-21/h4-11,13,17-19H,12,14-16H2,1-3H3/t17?,18-,19+. The van der Waals surface area contributed by atoms with E-state index in [0.717, 1.165) is 37.6 Å². The Kier molecular flexibility index (Phi) is 6.11. The molecule has 3 rings (SSSR count). The molecule has 2 aromatic rings. The molecule has 0 saturated carbocycles. The highest BCUT2D eigenvalue weighted by Gasteiger charge is 2.23. The lowest BCUT2D eigenvalue weighted by molar-refractivity contribution is -0.0708. The monoisotopic (exact) mass is 339 g/mol. The number of ether oxygens (including phenoxy) is 2. The Morgan fingerprint density at radius 1 is 1.00 bits per heavy atom. The number of nitrogens with zero attached hydrogens (tertiary/aromatic N) is 1. The van der Waals surface area contributed by atoms with Gasteiger partial charge < -0.3 is 9.47 Å². The lowest BCUT2D eigenvalue weighted by Crippen LogP contribution is -2.47. The molecule has 3 heteroatoms. The summed E-state index contributed by atoms with van der Waals surface area (Å²) in [5.41, 5.74) is 1.33. The van der Waals surface area contributed by atoms with Crippen molar-refractivity contribution in [3.8, 4) is 11.5 Å². The van der Waals surface area contributed by atoms with Gasteiger partial charge in [0.05, 0.1) is 12.2 Å². The van der Waals surface area contributed by atoms with Crippen LogP contribution in [0.1, 0.15) is 26.3 Å². The summed E-state index contributed by atoms with van der Waals surface area (Å²) in [4.78, 5) is 2.54. The molecular weight excluding hydrogens is 310 g/mol. The molecule has 0 amide bonds. The average Bonchev–Trinajstić information content (AvgIpc) is 2.55. The first-order chi connectivity index (χ1) is 12.1. The second-order valence-electron chi connectivity index (χ2n) is 7.35. The summed E-state index contributed by atoms with van der Waals surface area (Å²) in [6.07, 6.45) is 1.73. The molecule has 0 bridgehead atoms. The number of morpholine rings is 1. The van der Waals surface area contributed by atoms with Gasteiger partial charge in [0, 0.05) is 19.6 Å². The van der Waals surface area contributed by atoms with Crippen molar-refractivity contribution in [3.63, 3.8) is 0 Å². The van der Waals surface area contributed by atoms with Crippen molar-refractivity contribution in [1.82, 2.24) is 4.90 Å². The van der Waals surface area contributed by atoms with Crippen LogP contribution < -0.4 is 4.74 Å². The lowest BCUT2D eigenvalue weighted by Gasteiger charge is -2.36. The third-order valence-electron chi connectivity index (χ3n) is 4.53. The quantitative estimate of drug-likeness (QED) is 0.757. The zero-order valence-corrected chi connectivity index (χ0v) is 15.5. The molecule has 1 heterocycles. The fraction of sp³-hybridized carbons (Fsp3) is 0.455. The second kappa shape index (κ2) is 8.50. The zero-order valence-electron chi connectivity index (χ0n) is 15.5. The van der Waals surface area contributed by atoms with E-state index < -0.39 is 0 Å². The fourth-order valence-corrected chi connectivity index (χ4v) is 3.70. The topological polar surface area (TPSA) is 21.7 Å². The third-order valence-corrected chi connectivity index (χ3v) is 4.53. The van der Waals surface area contributed by atoms with E-state index >= 15 is 0 Å². The van der Waals surface area contributed by atoms with Crippen LogP contribution in [0.15, 0.2) is 54.6 Å². The van der Waals surface area contributed by atoms with Gasteiger partial charge in [-0.3, -0.25) is 4.90 Å². The molecule has 2 aromatic carbocycles. The van der Waals surface area contributed by atoms with Crippen molar-refractivity contribution in [3.05, 3.63) is 60.2 Å². The molecule has 25 heavy (non-hydrogen) atoms. The van der Waals surface area contributed by atoms with Crippen molar-refractivity contribution in [2.24, 2.45) is 5.92 Å². The largest absolute Gasteiger partial charge is 0.457 e. The predicted octanol–water partition coefficient (Wildman–Crippen LogP) is 4.77. The Morgan fingerprint density at radius 2 is 1.68 bits per heavy atom. The maximum atomic E-state index is 5.95. The van der Waals surface area contributed by atoms with Crippen molar-refractivity contribution in [2.75, 3.05) is 19.6 Å². The highest BCUT2D eigenvalue weighted by molar-refractivity contribution is 5.34. The Labute approximate surface area is 151 Å². The van der Waals surface area contributed by atoms with Crippen molar-refractivity contribution in [1.29, 1.82) is 0 Å². The van der Waals surface area contributed by atoms with Crippen LogP contribution in [0.4, 0.5) is 0 Å². The van der Waals surface area contributed by atoms with E-state index in [2.05, 4.69) is 43.9 Å². The Balaban J connectivity index is 1.56. The van der Waals surface area contributed by atoms with E-state index in [1.54, 1.807) is 0 Å². The van der Waals surface area contributed by atoms with Gasteiger partial charge in [0.2, 0.25) is 0 Å². The van der Waals surface area contributed by atoms with Gasteiger partial charge in [-0.05, 0) is 56.0 Å². The molecule has 1 aliphatic rings. The molecular formula is C22H29NO2. The first-order valence-corrected chi connectivity index (χ1v) is 9.28. The second-order valence-corrected chi connectivity index (χ2v) is 7.35. The minimum absolute atomic E-state index is 0.332. The lowest BCUT2D eigenvalue weighted by atomic mass is 10.00. The number of benzene rings is 2. The van der Waals surface area contributed by atoms with E-state index in [9.17, 15) is 0 Å². The van der Waals surface area contributed by atoms with Crippen LogP contribution in [0.2, 0.25) is 0 Å². The Bertz CT molecular complexity index is 648.